The first-order chi connectivity index (χ1) is 10.2. The Labute approximate surface area is 131 Å². The van der Waals surface area contributed by atoms with Crippen LogP contribution in [0.15, 0.2) is 41.9 Å². The summed E-state index contributed by atoms with van der Waals surface area (Å²) in [6.45, 7) is 1.96. The number of aromatic nitrogens is 4. The van der Waals surface area contributed by atoms with Crippen molar-refractivity contribution in [2.45, 2.75) is 23.2 Å². The number of nitrogens with zero attached hydrogens (tertiary/aromatic N) is 3. The molecule has 3 rings (SSSR count). The van der Waals surface area contributed by atoms with Crippen LogP contribution >= 0.6 is 23.4 Å². The molecule has 2 atom stereocenters. The number of benzene rings is 1. The highest BCUT2D eigenvalue weighted by atomic mass is 35.5. The number of imidazole rings is 1. The van der Waals surface area contributed by atoms with Crippen molar-refractivity contribution in [1.29, 1.82) is 0 Å². The average molecular weight is 320 g/mol. The maximum absolute atomic E-state index is 6.30. The molecule has 108 valence electrons. The summed E-state index contributed by atoms with van der Waals surface area (Å²) in [5.74, 6) is 0. The van der Waals surface area contributed by atoms with Crippen LogP contribution < -0.4 is 5.73 Å². The Hall–Kier alpha value is -1.63. The molecule has 5 nitrogen and oxygen atoms in total. The van der Waals surface area contributed by atoms with Gasteiger partial charge in [0.25, 0.3) is 0 Å². The molecule has 2 aromatic heterocycles. The Balaban J connectivity index is 2.00. The minimum Gasteiger partial charge on any atom is -0.341 e. The summed E-state index contributed by atoms with van der Waals surface area (Å²) in [6, 6.07) is 7.66. The second kappa shape index (κ2) is 6.01. The van der Waals surface area contributed by atoms with E-state index < -0.39 is 0 Å². The zero-order chi connectivity index (χ0) is 14.8. The summed E-state index contributed by atoms with van der Waals surface area (Å²) in [5, 5.41) is 1.53. The molecule has 0 saturated heterocycles. The van der Waals surface area contributed by atoms with Crippen LogP contribution in [0.1, 0.15) is 17.7 Å². The van der Waals surface area contributed by atoms with Crippen LogP contribution in [0.5, 0.6) is 0 Å². The van der Waals surface area contributed by atoms with Gasteiger partial charge in [-0.15, -0.1) is 0 Å². The normalized spacial score (nSPS) is 14.2. The summed E-state index contributed by atoms with van der Waals surface area (Å²) in [5.41, 5.74) is 8.63. The molecule has 3 N–H and O–H groups in total. The van der Waals surface area contributed by atoms with Crippen LogP contribution in [0.3, 0.4) is 0 Å². The minimum absolute atomic E-state index is 0.0000926. The standard InChI is InChI=1S/C14H14ClN5S/c1-8(16)12(9-4-2-3-5-10(9)15)21-14-11-13(18-6-17-11)19-7-20-14/h2-8,12H,16H2,1H3,(H,17,18,19,20). The number of hydrogen-bond acceptors (Lipinski definition) is 5. The van der Waals surface area contributed by atoms with E-state index in [1.54, 1.807) is 18.1 Å². The summed E-state index contributed by atoms with van der Waals surface area (Å²) in [6.07, 6.45) is 3.12. The Bertz CT molecular complexity index is 758. The van der Waals surface area contributed by atoms with Crippen molar-refractivity contribution in [3.8, 4) is 0 Å². The van der Waals surface area contributed by atoms with Crippen LogP contribution in [-0.2, 0) is 0 Å². The quantitative estimate of drug-likeness (QED) is 0.570. The highest BCUT2D eigenvalue weighted by Crippen LogP contribution is 2.40. The van der Waals surface area contributed by atoms with Crippen molar-refractivity contribution >= 4 is 34.5 Å². The predicted octanol–water partition coefficient (Wildman–Crippen LogP) is 3.19. The van der Waals surface area contributed by atoms with E-state index in [0.717, 1.165) is 16.1 Å². The molecule has 0 aliphatic carbocycles. The molecule has 0 aliphatic heterocycles. The average Bonchev–Trinajstić information content (AvgIpc) is 2.94. The number of thioether (sulfide) groups is 1. The molecule has 0 fully saturated rings. The first-order valence-electron chi connectivity index (χ1n) is 6.47. The first-order valence-corrected chi connectivity index (χ1v) is 7.73. The smallest absolute Gasteiger partial charge is 0.181 e. The number of halogens is 1. The van der Waals surface area contributed by atoms with Crippen molar-refractivity contribution in [2.75, 3.05) is 0 Å². The lowest BCUT2D eigenvalue weighted by atomic mass is 10.1. The molecular formula is C14H14ClN5S. The Morgan fingerprint density at radius 1 is 1.24 bits per heavy atom. The molecule has 2 unspecified atom stereocenters. The van der Waals surface area contributed by atoms with Gasteiger partial charge in [-0.2, -0.15) is 0 Å². The van der Waals surface area contributed by atoms with Gasteiger partial charge in [-0.25, -0.2) is 15.0 Å². The van der Waals surface area contributed by atoms with Gasteiger partial charge >= 0.3 is 0 Å². The van der Waals surface area contributed by atoms with E-state index in [0.29, 0.717) is 10.7 Å². The number of aromatic amines is 1. The number of nitrogens with two attached hydrogens (primary N) is 1. The van der Waals surface area contributed by atoms with Crippen molar-refractivity contribution in [2.24, 2.45) is 5.73 Å². The van der Waals surface area contributed by atoms with Gasteiger partial charge in [-0.05, 0) is 18.6 Å². The molecule has 3 aromatic rings. The lowest BCUT2D eigenvalue weighted by Crippen LogP contribution is -2.23. The third-order valence-corrected chi connectivity index (χ3v) is 4.93. The zero-order valence-corrected chi connectivity index (χ0v) is 12.9. The van der Waals surface area contributed by atoms with Crippen molar-refractivity contribution in [3.63, 3.8) is 0 Å². The SMILES string of the molecule is CC(N)C(Sc1ncnc2nc[nH]c12)c1ccccc1Cl. The van der Waals surface area contributed by atoms with Crippen molar-refractivity contribution in [1.82, 2.24) is 19.9 Å². The van der Waals surface area contributed by atoms with Gasteiger partial charge in [-0.1, -0.05) is 41.6 Å². The Morgan fingerprint density at radius 3 is 2.81 bits per heavy atom. The summed E-state index contributed by atoms with van der Waals surface area (Å²) in [7, 11) is 0. The van der Waals surface area contributed by atoms with E-state index in [-0.39, 0.29) is 11.3 Å². The maximum Gasteiger partial charge on any atom is 0.181 e. The molecule has 0 amide bonds. The third kappa shape index (κ3) is 2.88. The highest BCUT2D eigenvalue weighted by molar-refractivity contribution is 7.99. The topological polar surface area (TPSA) is 80.5 Å². The first kappa shape index (κ1) is 14.3. The molecule has 21 heavy (non-hydrogen) atoms. The molecule has 1 aromatic carbocycles. The molecule has 2 heterocycles. The fourth-order valence-electron chi connectivity index (χ4n) is 2.11. The molecule has 0 spiro atoms. The lowest BCUT2D eigenvalue weighted by molar-refractivity contribution is 0.720. The maximum atomic E-state index is 6.30. The lowest BCUT2D eigenvalue weighted by Gasteiger charge is -2.21. The largest absolute Gasteiger partial charge is 0.341 e. The highest BCUT2D eigenvalue weighted by Gasteiger charge is 2.22. The number of fused-ring (bicyclic) bond motifs is 1. The van der Waals surface area contributed by atoms with Crippen molar-refractivity contribution in [3.05, 3.63) is 47.5 Å². The van der Waals surface area contributed by atoms with Crippen LogP contribution in [0, 0.1) is 0 Å². The monoisotopic (exact) mass is 319 g/mol. The van der Waals surface area contributed by atoms with Crippen LogP contribution in [-0.4, -0.2) is 26.0 Å². The second-order valence-corrected chi connectivity index (χ2v) is 6.24. The van der Waals surface area contributed by atoms with Crippen LogP contribution in [0.2, 0.25) is 5.02 Å². The van der Waals surface area contributed by atoms with Gasteiger partial charge in [0.15, 0.2) is 5.65 Å². The molecular weight excluding hydrogens is 306 g/mol. The molecule has 0 saturated carbocycles. The van der Waals surface area contributed by atoms with Gasteiger partial charge in [-0.3, -0.25) is 0 Å². The van der Waals surface area contributed by atoms with E-state index in [1.807, 2.05) is 31.2 Å². The van der Waals surface area contributed by atoms with E-state index in [9.17, 15) is 0 Å². The number of H-pyrrole nitrogens is 1. The minimum atomic E-state index is -0.0807. The van der Waals surface area contributed by atoms with Gasteiger partial charge in [0, 0.05) is 11.1 Å². The Kier molecular flexibility index (Phi) is 4.10. The molecule has 7 heteroatoms. The van der Waals surface area contributed by atoms with E-state index >= 15 is 0 Å². The molecule has 0 aliphatic rings. The zero-order valence-electron chi connectivity index (χ0n) is 11.3. The van der Waals surface area contributed by atoms with Gasteiger partial charge in [0.1, 0.15) is 16.9 Å². The van der Waals surface area contributed by atoms with Crippen LogP contribution in [0.25, 0.3) is 11.2 Å². The third-order valence-electron chi connectivity index (χ3n) is 3.12. The summed E-state index contributed by atoms with van der Waals surface area (Å²) < 4.78 is 0. The number of rotatable bonds is 4. The fraction of sp³-hybridized carbons (Fsp3) is 0.214. The molecule has 0 bridgehead atoms. The van der Waals surface area contributed by atoms with Gasteiger partial charge < -0.3 is 10.7 Å². The van der Waals surface area contributed by atoms with Crippen LogP contribution in [0.4, 0.5) is 0 Å². The predicted molar refractivity (Wildman–Crippen MR) is 85.4 cm³/mol. The summed E-state index contributed by atoms with van der Waals surface area (Å²) >= 11 is 7.87. The number of nitrogens with one attached hydrogen (secondary N) is 1. The second-order valence-electron chi connectivity index (χ2n) is 4.70. The van der Waals surface area contributed by atoms with E-state index in [2.05, 4.69) is 19.9 Å². The van der Waals surface area contributed by atoms with E-state index in [1.165, 1.54) is 6.33 Å². The van der Waals surface area contributed by atoms with Crippen molar-refractivity contribution < 1.29 is 0 Å². The Morgan fingerprint density at radius 2 is 2.05 bits per heavy atom. The van der Waals surface area contributed by atoms with Gasteiger partial charge in [0.05, 0.1) is 11.6 Å². The number of hydrogen-bond donors (Lipinski definition) is 2. The fourth-order valence-corrected chi connectivity index (χ4v) is 3.59. The van der Waals surface area contributed by atoms with E-state index in [4.69, 9.17) is 17.3 Å². The van der Waals surface area contributed by atoms with Gasteiger partial charge in [0.2, 0.25) is 0 Å². The summed E-state index contributed by atoms with van der Waals surface area (Å²) in [4.78, 5) is 15.7. The molecule has 0 radical (unpaired) electrons.